The molecule has 0 aliphatic carbocycles. The van der Waals surface area contributed by atoms with Crippen LogP contribution in [-0.4, -0.2) is 5.78 Å². The molecule has 1 nitrogen and oxygen atoms in total. The normalized spacial score (nSPS) is 11.0. The highest BCUT2D eigenvalue weighted by Gasteiger charge is 2.14. The zero-order chi connectivity index (χ0) is 14.0. The van der Waals surface area contributed by atoms with Crippen molar-refractivity contribution >= 4 is 33.0 Å². The maximum atomic E-state index is 12.0. The van der Waals surface area contributed by atoms with Crippen molar-refractivity contribution < 1.29 is 4.79 Å². The largest absolute Gasteiger partial charge is 0.293 e. The summed E-state index contributed by atoms with van der Waals surface area (Å²) in [6.07, 6.45) is 0.986. The van der Waals surface area contributed by atoms with Crippen LogP contribution in [0.4, 0.5) is 0 Å². The predicted molar refractivity (Wildman–Crippen MR) is 86.0 cm³/mol. The number of Topliss-reactive ketones (excluding diaryl/α,β-unsaturated/α-hetero) is 1. The third kappa shape index (κ3) is 3.15. The van der Waals surface area contributed by atoms with Crippen LogP contribution in [0.3, 0.4) is 0 Å². The van der Waals surface area contributed by atoms with Crippen LogP contribution in [-0.2, 0) is 6.42 Å². The first kappa shape index (κ1) is 14.5. The number of carbonyl (C=O) groups is 1. The number of aryl methyl sites for hydroxylation is 1. The van der Waals surface area contributed by atoms with Gasteiger partial charge in [0.2, 0.25) is 0 Å². The lowest BCUT2D eigenvalue weighted by atomic mass is 10.0. The number of halogens is 1. The van der Waals surface area contributed by atoms with Crippen molar-refractivity contribution in [2.45, 2.75) is 27.2 Å². The van der Waals surface area contributed by atoms with Gasteiger partial charge in [-0.15, -0.1) is 11.3 Å². The Hall–Kier alpha value is -0.930. The van der Waals surface area contributed by atoms with Crippen LogP contribution in [0.15, 0.2) is 34.8 Å². The van der Waals surface area contributed by atoms with Crippen molar-refractivity contribution in [1.29, 1.82) is 0 Å². The van der Waals surface area contributed by atoms with Crippen molar-refractivity contribution in [2.24, 2.45) is 5.92 Å². The van der Waals surface area contributed by atoms with Gasteiger partial charge in [-0.1, -0.05) is 42.8 Å². The molecular weight excluding hydrogens is 320 g/mol. The molecule has 0 aliphatic heterocycles. The average molecular weight is 337 g/mol. The van der Waals surface area contributed by atoms with Crippen LogP contribution in [0.2, 0.25) is 0 Å². The summed E-state index contributed by atoms with van der Waals surface area (Å²) in [5.41, 5.74) is 2.54. The summed E-state index contributed by atoms with van der Waals surface area (Å²) in [7, 11) is 0. The molecule has 0 fully saturated rings. The van der Waals surface area contributed by atoms with Gasteiger partial charge >= 0.3 is 0 Å². The number of hydrogen-bond acceptors (Lipinski definition) is 2. The minimum Gasteiger partial charge on any atom is -0.293 e. The third-order valence-electron chi connectivity index (χ3n) is 3.09. The summed E-state index contributed by atoms with van der Waals surface area (Å²) < 4.78 is 1.10. The quantitative estimate of drug-likeness (QED) is 0.666. The van der Waals surface area contributed by atoms with E-state index in [9.17, 15) is 4.79 Å². The number of ketones is 1. The van der Waals surface area contributed by atoms with E-state index >= 15 is 0 Å². The Labute approximate surface area is 126 Å². The number of benzene rings is 1. The van der Waals surface area contributed by atoms with Gasteiger partial charge in [0.15, 0.2) is 5.78 Å². The maximum absolute atomic E-state index is 12.0. The summed E-state index contributed by atoms with van der Waals surface area (Å²) in [5.74, 6) is 0.286. The fourth-order valence-corrected chi connectivity index (χ4v) is 3.56. The Balaban J connectivity index is 2.41. The fraction of sp³-hybridized carbons (Fsp3) is 0.312. The van der Waals surface area contributed by atoms with E-state index in [4.69, 9.17) is 0 Å². The highest BCUT2D eigenvalue weighted by Crippen LogP contribution is 2.33. The second kappa shape index (κ2) is 6.02. The summed E-state index contributed by atoms with van der Waals surface area (Å²) in [6.45, 7) is 6.04. The number of hydrogen-bond donors (Lipinski definition) is 0. The average Bonchev–Trinajstić information content (AvgIpc) is 2.86. The van der Waals surface area contributed by atoms with Crippen LogP contribution in [0.5, 0.6) is 0 Å². The molecule has 1 heterocycles. The molecule has 0 bridgehead atoms. The van der Waals surface area contributed by atoms with Gasteiger partial charge in [0.25, 0.3) is 0 Å². The van der Waals surface area contributed by atoms with Crippen LogP contribution in [0, 0.1) is 5.92 Å². The third-order valence-corrected chi connectivity index (χ3v) is 4.71. The van der Waals surface area contributed by atoms with Gasteiger partial charge in [0.05, 0.1) is 4.88 Å². The van der Waals surface area contributed by atoms with Gasteiger partial charge in [0, 0.05) is 15.3 Å². The van der Waals surface area contributed by atoms with Crippen molar-refractivity contribution in [3.05, 3.63) is 45.2 Å². The Bertz CT molecular complexity index is 599. The standard InChI is InChI=1S/C16H17BrOS/c1-4-11-9-12(17)5-6-13(11)14-7-8-15(19-14)16(18)10(2)3/h5-10H,4H2,1-3H3. The maximum Gasteiger partial charge on any atom is 0.175 e. The summed E-state index contributed by atoms with van der Waals surface area (Å²) in [5, 5.41) is 0. The molecule has 1 aromatic carbocycles. The topological polar surface area (TPSA) is 17.1 Å². The van der Waals surface area contributed by atoms with E-state index in [1.54, 1.807) is 11.3 Å². The molecule has 2 rings (SSSR count). The zero-order valence-corrected chi connectivity index (χ0v) is 13.8. The monoisotopic (exact) mass is 336 g/mol. The lowest BCUT2D eigenvalue weighted by Gasteiger charge is -2.06. The van der Waals surface area contributed by atoms with E-state index < -0.39 is 0 Å². The molecule has 0 saturated carbocycles. The van der Waals surface area contributed by atoms with Gasteiger partial charge in [-0.05, 0) is 41.8 Å². The molecule has 0 amide bonds. The molecule has 0 aliphatic rings. The van der Waals surface area contributed by atoms with Gasteiger partial charge in [0.1, 0.15) is 0 Å². The second-order valence-electron chi connectivity index (χ2n) is 4.84. The Morgan fingerprint density at radius 3 is 2.63 bits per heavy atom. The van der Waals surface area contributed by atoms with Gasteiger partial charge < -0.3 is 0 Å². The summed E-state index contributed by atoms with van der Waals surface area (Å²) in [4.78, 5) is 14.0. The van der Waals surface area contributed by atoms with E-state index in [2.05, 4.69) is 47.1 Å². The number of thiophene rings is 1. The van der Waals surface area contributed by atoms with E-state index in [1.165, 1.54) is 16.0 Å². The molecule has 0 saturated heterocycles. The first-order valence-corrected chi connectivity index (χ1v) is 8.06. The first-order chi connectivity index (χ1) is 9.02. The predicted octanol–water partition coefficient (Wildman–Crippen LogP) is 5.58. The second-order valence-corrected chi connectivity index (χ2v) is 6.84. The fourth-order valence-electron chi connectivity index (χ4n) is 1.99. The van der Waals surface area contributed by atoms with E-state index in [0.717, 1.165) is 15.8 Å². The zero-order valence-electron chi connectivity index (χ0n) is 11.4. The lowest BCUT2D eigenvalue weighted by molar-refractivity contribution is 0.0943. The van der Waals surface area contributed by atoms with E-state index in [-0.39, 0.29) is 11.7 Å². The smallest absolute Gasteiger partial charge is 0.175 e. The van der Waals surface area contributed by atoms with Crippen molar-refractivity contribution in [2.75, 3.05) is 0 Å². The Morgan fingerprint density at radius 1 is 1.26 bits per heavy atom. The minimum atomic E-state index is 0.0575. The van der Waals surface area contributed by atoms with Gasteiger partial charge in [-0.3, -0.25) is 4.79 Å². The van der Waals surface area contributed by atoms with Crippen LogP contribution in [0.1, 0.15) is 36.0 Å². The Morgan fingerprint density at radius 2 is 2.00 bits per heavy atom. The van der Waals surface area contributed by atoms with Crippen LogP contribution >= 0.6 is 27.3 Å². The molecule has 2 aromatic rings. The molecule has 0 spiro atoms. The molecule has 19 heavy (non-hydrogen) atoms. The van der Waals surface area contributed by atoms with Gasteiger partial charge in [-0.25, -0.2) is 0 Å². The number of carbonyl (C=O) groups excluding carboxylic acids is 1. The minimum absolute atomic E-state index is 0.0575. The van der Waals surface area contributed by atoms with Crippen LogP contribution in [0.25, 0.3) is 10.4 Å². The molecule has 0 atom stereocenters. The number of rotatable bonds is 4. The molecule has 0 unspecified atom stereocenters. The first-order valence-electron chi connectivity index (χ1n) is 6.45. The van der Waals surface area contributed by atoms with Crippen molar-refractivity contribution in [3.63, 3.8) is 0 Å². The lowest BCUT2D eigenvalue weighted by Crippen LogP contribution is -2.04. The Kier molecular flexibility index (Phi) is 4.58. The van der Waals surface area contributed by atoms with Crippen molar-refractivity contribution in [3.8, 4) is 10.4 Å². The molecule has 100 valence electrons. The summed E-state index contributed by atoms with van der Waals surface area (Å²) in [6, 6.07) is 10.3. The van der Waals surface area contributed by atoms with Gasteiger partial charge in [-0.2, -0.15) is 0 Å². The molecule has 3 heteroatoms. The molecular formula is C16H17BrOS. The molecule has 0 radical (unpaired) electrons. The van der Waals surface area contributed by atoms with Crippen molar-refractivity contribution in [1.82, 2.24) is 0 Å². The summed E-state index contributed by atoms with van der Waals surface area (Å²) >= 11 is 5.10. The molecule has 1 aromatic heterocycles. The SMILES string of the molecule is CCc1cc(Br)ccc1-c1ccc(C(=O)C(C)C)s1. The van der Waals surface area contributed by atoms with E-state index in [1.807, 2.05) is 19.9 Å². The highest BCUT2D eigenvalue weighted by atomic mass is 79.9. The molecule has 0 N–H and O–H groups in total. The highest BCUT2D eigenvalue weighted by molar-refractivity contribution is 9.10. The van der Waals surface area contributed by atoms with Crippen LogP contribution < -0.4 is 0 Å². The van der Waals surface area contributed by atoms with E-state index in [0.29, 0.717) is 0 Å².